The summed E-state index contributed by atoms with van der Waals surface area (Å²) in [6.45, 7) is 0. The highest BCUT2D eigenvalue weighted by atomic mass is 32.1. The molecule has 6 heteroatoms. The topological polar surface area (TPSA) is 56.7 Å². The van der Waals surface area contributed by atoms with Gasteiger partial charge in [-0.3, -0.25) is 4.57 Å². The van der Waals surface area contributed by atoms with Gasteiger partial charge in [-0.15, -0.1) is 11.3 Å². The van der Waals surface area contributed by atoms with E-state index in [0.29, 0.717) is 17.6 Å². The molecule has 11 aromatic rings. The molecule has 0 aliphatic carbocycles. The van der Waals surface area contributed by atoms with Gasteiger partial charge in [0.15, 0.2) is 11.6 Å². The van der Waals surface area contributed by atoms with Crippen LogP contribution < -0.4 is 0 Å². The monoisotopic (exact) mass is 670 g/mol. The Morgan fingerprint density at radius 3 is 2.00 bits per heavy atom. The summed E-state index contributed by atoms with van der Waals surface area (Å²) in [6.07, 6.45) is 0. The van der Waals surface area contributed by atoms with Gasteiger partial charge in [0.1, 0.15) is 11.2 Å². The molecule has 11 rings (SSSR count). The van der Waals surface area contributed by atoms with Gasteiger partial charge in [-0.25, -0.2) is 4.98 Å². The minimum atomic E-state index is 0.571. The molecular weight excluding hydrogens is 645 g/mol. The molecule has 0 aliphatic heterocycles. The molecule has 51 heavy (non-hydrogen) atoms. The predicted octanol–water partition coefficient (Wildman–Crippen LogP) is 12.2. The van der Waals surface area contributed by atoms with Crippen molar-refractivity contribution in [1.82, 2.24) is 19.5 Å². The molecule has 0 unspecified atom stereocenters. The van der Waals surface area contributed by atoms with Crippen LogP contribution in [0.1, 0.15) is 0 Å². The number of nitrogens with zero attached hydrogens (tertiary/aromatic N) is 4. The summed E-state index contributed by atoms with van der Waals surface area (Å²) >= 11 is 1.82. The number of hydrogen-bond acceptors (Lipinski definition) is 5. The summed E-state index contributed by atoms with van der Waals surface area (Å²) in [4.78, 5) is 15.5. The number of hydrogen-bond donors (Lipinski definition) is 0. The highest BCUT2D eigenvalue weighted by Crippen LogP contribution is 2.41. The number of furan rings is 1. The average Bonchev–Trinajstić information content (AvgIpc) is 3.86. The Labute approximate surface area is 295 Å². The van der Waals surface area contributed by atoms with E-state index in [1.54, 1.807) is 0 Å². The van der Waals surface area contributed by atoms with Gasteiger partial charge in [-0.2, -0.15) is 9.97 Å². The molecule has 4 aromatic heterocycles. The molecule has 4 heterocycles. The maximum atomic E-state index is 6.50. The Kier molecular flexibility index (Phi) is 6.05. The highest BCUT2D eigenvalue weighted by Gasteiger charge is 2.20. The zero-order chi connectivity index (χ0) is 33.5. The molecule has 0 radical (unpaired) electrons. The summed E-state index contributed by atoms with van der Waals surface area (Å²) in [7, 11) is 0. The maximum absolute atomic E-state index is 6.50. The lowest BCUT2D eigenvalue weighted by molar-refractivity contribution is 0.669. The first-order chi connectivity index (χ1) is 25.3. The third kappa shape index (κ3) is 4.37. The summed E-state index contributed by atoms with van der Waals surface area (Å²) in [5.41, 5.74) is 7.83. The Morgan fingerprint density at radius 2 is 1.16 bits per heavy atom. The largest absolute Gasteiger partial charge is 0.456 e. The van der Waals surface area contributed by atoms with E-state index >= 15 is 0 Å². The Hall–Kier alpha value is -6.63. The number of fused-ring (bicyclic) bond motifs is 9. The number of para-hydroxylation sites is 1. The third-order valence-electron chi connectivity index (χ3n) is 9.87. The van der Waals surface area contributed by atoms with Gasteiger partial charge in [0.25, 0.3) is 0 Å². The third-order valence-corrected chi connectivity index (χ3v) is 11.0. The van der Waals surface area contributed by atoms with Gasteiger partial charge in [0.05, 0.1) is 11.0 Å². The highest BCUT2D eigenvalue weighted by molar-refractivity contribution is 7.25. The quantitative estimate of drug-likeness (QED) is 0.187. The van der Waals surface area contributed by atoms with Crippen LogP contribution >= 0.6 is 11.3 Å². The van der Waals surface area contributed by atoms with Crippen molar-refractivity contribution in [1.29, 1.82) is 0 Å². The van der Waals surface area contributed by atoms with E-state index in [1.165, 1.54) is 25.6 Å². The van der Waals surface area contributed by atoms with Crippen LogP contribution in [-0.4, -0.2) is 19.5 Å². The van der Waals surface area contributed by atoms with Crippen molar-refractivity contribution >= 4 is 75.3 Å². The summed E-state index contributed by atoms with van der Waals surface area (Å²) in [6, 6.07) is 54.9. The average molecular weight is 671 g/mol. The first kappa shape index (κ1) is 28.2. The first-order valence-corrected chi connectivity index (χ1v) is 17.8. The van der Waals surface area contributed by atoms with Crippen molar-refractivity contribution in [3.05, 3.63) is 158 Å². The van der Waals surface area contributed by atoms with Crippen LogP contribution in [0.15, 0.2) is 162 Å². The van der Waals surface area contributed by atoms with Gasteiger partial charge in [-0.05, 0) is 53.6 Å². The predicted molar refractivity (Wildman–Crippen MR) is 211 cm³/mol. The molecule has 0 aliphatic rings. The van der Waals surface area contributed by atoms with Gasteiger partial charge >= 0.3 is 0 Å². The molecular formula is C45H26N4OS. The minimum absolute atomic E-state index is 0.571. The summed E-state index contributed by atoms with van der Waals surface area (Å²) in [5.74, 6) is 1.76. The fourth-order valence-corrected chi connectivity index (χ4v) is 8.66. The molecule has 0 saturated carbocycles. The molecule has 0 amide bonds. The van der Waals surface area contributed by atoms with Crippen LogP contribution in [0.2, 0.25) is 0 Å². The van der Waals surface area contributed by atoms with Gasteiger partial charge < -0.3 is 4.42 Å². The summed E-state index contributed by atoms with van der Waals surface area (Å²) in [5, 5.41) is 7.03. The SMILES string of the molecule is c1ccc(-c2nc(-c3ccc4c(c3)oc3cccc(-c5ccccc5)c34)nc(-n3c4ccccc4c4cc5c(cc43)sc3ccccc35)n2)cc1. The molecule has 0 spiro atoms. The number of thiophene rings is 1. The van der Waals surface area contributed by atoms with Crippen molar-refractivity contribution in [3.8, 4) is 39.9 Å². The molecule has 0 saturated heterocycles. The Morgan fingerprint density at radius 1 is 0.431 bits per heavy atom. The second kappa shape index (κ2) is 10.9. The van der Waals surface area contributed by atoms with Crippen LogP contribution in [0.4, 0.5) is 0 Å². The second-order valence-electron chi connectivity index (χ2n) is 12.8. The number of aromatic nitrogens is 4. The number of benzene rings is 7. The zero-order valence-corrected chi connectivity index (χ0v) is 27.9. The van der Waals surface area contributed by atoms with E-state index in [1.807, 2.05) is 53.8 Å². The molecule has 7 aromatic carbocycles. The minimum Gasteiger partial charge on any atom is -0.456 e. The van der Waals surface area contributed by atoms with Crippen molar-refractivity contribution in [2.75, 3.05) is 0 Å². The molecule has 238 valence electrons. The normalized spacial score (nSPS) is 11.9. The van der Waals surface area contributed by atoms with Crippen LogP contribution in [0.3, 0.4) is 0 Å². The van der Waals surface area contributed by atoms with Crippen molar-refractivity contribution in [3.63, 3.8) is 0 Å². The van der Waals surface area contributed by atoms with Gasteiger partial charge in [0, 0.05) is 52.8 Å². The fourth-order valence-electron chi connectivity index (χ4n) is 7.54. The standard InChI is InChI=1S/C45H26N4OS/c1-3-12-27(13-4-1)30-18-11-20-38-42(30)33-23-22-29(24-39(33)50-38)44-46-43(28-14-5-2-6-15-28)47-45(48-44)49-36-19-9-7-16-31(36)34-25-35-32-17-8-10-21-40(32)51-41(35)26-37(34)49/h1-26H. The van der Waals surface area contributed by atoms with E-state index in [0.717, 1.165) is 60.6 Å². The van der Waals surface area contributed by atoms with Gasteiger partial charge in [0.2, 0.25) is 5.95 Å². The molecule has 5 nitrogen and oxygen atoms in total. The summed E-state index contributed by atoms with van der Waals surface area (Å²) < 4.78 is 11.2. The lowest BCUT2D eigenvalue weighted by Crippen LogP contribution is -2.06. The molecule has 0 fully saturated rings. The van der Waals surface area contributed by atoms with E-state index in [9.17, 15) is 0 Å². The number of rotatable bonds is 4. The van der Waals surface area contributed by atoms with E-state index < -0.39 is 0 Å². The Balaban J connectivity index is 1.16. The Bertz CT molecular complexity index is 3140. The second-order valence-corrected chi connectivity index (χ2v) is 13.9. The van der Waals surface area contributed by atoms with E-state index in [-0.39, 0.29) is 0 Å². The van der Waals surface area contributed by atoms with Crippen molar-refractivity contribution in [2.45, 2.75) is 0 Å². The van der Waals surface area contributed by atoms with Crippen molar-refractivity contribution in [2.24, 2.45) is 0 Å². The maximum Gasteiger partial charge on any atom is 0.238 e. The first-order valence-electron chi connectivity index (χ1n) is 16.9. The van der Waals surface area contributed by atoms with Crippen LogP contribution in [-0.2, 0) is 0 Å². The van der Waals surface area contributed by atoms with Gasteiger partial charge in [-0.1, -0.05) is 115 Å². The van der Waals surface area contributed by atoms with Crippen LogP contribution in [0.25, 0.3) is 104 Å². The molecule has 0 bridgehead atoms. The fraction of sp³-hybridized carbons (Fsp3) is 0. The molecule has 0 N–H and O–H groups in total. The smallest absolute Gasteiger partial charge is 0.238 e. The van der Waals surface area contributed by atoms with Crippen LogP contribution in [0.5, 0.6) is 0 Å². The van der Waals surface area contributed by atoms with E-state index in [2.05, 4.69) is 120 Å². The molecule has 0 atom stereocenters. The lowest BCUT2D eigenvalue weighted by atomic mass is 9.99. The van der Waals surface area contributed by atoms with E-state index in [4.69, 9.17) is 19.4 Å². The zero-order valence-electron chi connectivity index (χ0n) is 27.1. The lowest BCUT2D eigenvalue weighted by Gasteiger charge is -2.11. The van der Waals surface area contributed by atoms with Crippen molar-refractivity contribution < 1.29 is 4.42 Å². The van der Waals surface area contributed by atoms with Crippen LogP contribution in [0, 0.1) is 0 Å².